The standard InChI is InChI=1S/C51H32N4O/c1-5-15-33(16-6-1)38-29-42(34-17-7-2-8-18-34)48-41-23-13-14-24-44(41)55(45(48)30-38)39-26-28-46-43(32-39)40-27-25-37(31-47(40)56-46)51-53-49(35-19-9-3-10-20-35)52-50(54-51)36-21-11-4-12-22-36/h1-32H. The van der Waals surface area contributed by atoms with Gasteiger partial charge >= 0.3 is 0 Å². The second kappa shape index (κ2) is 13.0. The molecule has 8 aromatic carbocycles. The molecule has 0 unspecified atom stereocenters. The van der Waals surface area contributed by atoms with Crippen molar-refractivity contribution in [3.8, 4) is 62.1 Å². The van der Waals surface area contributed by atoms with Crippen LogP contribution in [0.25, 0.3) is 106 Å². The molecule has 0 atom stereocenters. The average Bonchev–Trinajstić information content (AvgIpc) is 3.82. The zero-order chi connectivity index (χ0) is 37.0. The number of hydrogen-bond donors (Lipinski definition) is 0. The van der Waals surface area contributed by atoms with Gasteiger partial charge in [0.05, 0.1) is 11.0 Å². The highest BCUT2D eigenvalue weighted by Gasteiger charge is 2.20. The van der Waals surface area contributed by atoms with E-state index >= 15 is 0 Å². The first kappa shape index (κ1) is 31.9. The smallest absolute Gasteiger partial charge is 0.164 e. The van der Waals surface area contributed by atoms with Gasteiger partial charge in [-0.3, -0.25) is 0 Å². The molecule has 0 saturated heterocycles. The Labute approximate surface area is 322 Å². The zero-order valence-corrected chi connectivity index (χ0v) is 30.2. The predicted molar refractivity (Wildman–Crippen MR) is 229 cm³/mol. The lowest BCUT2D eigenvalue weighted by atomic mass is 9.94. The first-order valence-corrected chi connectivity index (χ1v) is 18.8. The van der Waals surface area contributed by atoms with Crippen LogP contribution in [0.4, 0.5) is 0 Å². The Morgan fingerprint density at radius 2 is 0.911 bits per heavy atom. The molecule has 0 bridgehead atoms. The van der Waals surface area contributed by atoms with E-state index in [0.29, 0.717) is 17.5 Å². The summed E-state index contributed by atoms with van der Waals surface area (Å²) in [6, 6.07) is 67.6. The summed E-state index contributed by atoms with van der Waals surface area (Å²) in [6.07, 6.45) is 0. The molecule has 11 rings (SSSR count). The van der Waals surface area contributed by atoms with E-state index in [1.807, 2.05) is 66.7 Å². The van der Waals surface area contributed by atoms with Crippen molar-refractivity contribution in [2.24, 2.45) is 0 Å². The van der Waals surface area contributed by atoms with Crippen LogP contribution in [0.15, 0.2) is 199 Å². The van der Waals surface area contributed by atoms with E-state index in [0.717, 1.165) is 55.3 Å². The molecule has 3 heterocycles. The molecular formula is C51H32N4O. The largest absolute Gasteiger partial charge is 0.456 e. The van der Waals surface area contributed by atoms with Crippen LogP contribution in [-0.4, -0.2) is 19.5 Å². The molecule has 0 spiro atoms. The molecular weight excluding hydrogens is 685 g/mol. The third-order valence-electron chi connectivity index (χ3n) is 10.6. The van der Waals surface area contributed by atoms with E-state index in [-0.39, 0.29) is 0 Å². The van der Waals surface area contributed by atoms with Crippen LogP contribution in [0.3, 0.4) is 0 Å². The Hall–Kier alpha value is -7.63. The van der Waals surface area contributed by atoms with E-state index in [9.17, 15) is 0 Å². The van der Waals surface area contributed by atoms with Crippen molar-refractivity contribution in [2.75, 3.05) is 0 Å². The minimum atomic E-state index is 0.592. The van der Waals surface area contributed by atoms with Crippen molar-refractivity contribution in [1.82, 2.24) is 19.5 Å². The Kier molecular flexibility index (Phi) is 7.42. The molecule has 0 radical (unpaired) electrons. The molecule has 0 aliphatic rings. The number of fused-ring (bicyclic) bond motifs is 6. The van der Waals surface area contributed by atoms with Crippen molar-refractivity contribution in [3.63, 3.8) is 0 Å². The molecule has 56 heavy (non-hydrogen) atoms. The number of nitrogens with zero attached hydrogens (tertiary/aromatic N) is 4. The lowest BCUT2D eigenvalue weighted by Gasteiger charge is -2.12. The molecule has 0 N–H and O–H groups in total. The van der Waals surface area contributed by atoms with E-state index in [1.165, 1.54) is 33.0 Å². The predicted octanol–water partition coefficient (Wildman–Crippen LogP) is 13.2. The normalized spacial score (nSPS) is 11.6. The fraction of sp³-hybridized carbons (Fsp3) is 0. The van der Waals surface area contributed by atoms with Gasteiger partial charge in [-0.25, -0.2) is 15.0 Å². The third kappa shape index (κ3) is 5.37. The highest BCUT2D eigenvalue weighted by atomic mass is 16.3. The fourth-order valence-corrected chi connectivity index (χ4v) is 8.00. The number of aromatic nitrogens is 4. The van der Waals surface area contributed by atoms with E-state index in [1.54, 1.807) is 0 Å². The number of benzene rings is 8. The Balaban J connectivity index is 1.09. The highest BCUT2D eigenvalue weighted by Crippen LogP contribution is 2.42. The summed E-state index contributed by atoms with van der Waals surface area (Å²) in [4.78, 5) is 14.8. The van der Waals surface area contributed by atoms with Gasteiger partial charge in [0, 0.05) is 43.9 Å². The number of hydrogen-bond acceptors (Lipinski definition) is 4. The molecule has 11 aromatic rings. The molecule has 0 saturated carbocycles. The van der Waals surface area contributed by atoms with Gasteiger partial charge in [0.2, 0.25) is 0 Å². The minimum absolute atomic E-state index is 0.592. The van der Waals surface area contributed by atoms with Gasteiger partial charge in [-0.1, -0.05) is 146 Å². The SMILES string of the molecule is c1ccc(-c2cc(-c3ccccc3)c3c4ccccc4n(-c4ccc5oc6cc(-c7nc(-c8ccccc8)nc(-c8ccccc8)n7)ccc6c5c4)c3c2)cc1. The van der Waals surface area contributed by atoms with Crippen LogP contribution < -0.4 is 0 Å². The third-order valence-corrected chi connectivity index (χ3v) is 10.6. The maximum atomic E-state index is 6.57. The van der Waals surface area contributed by atoms with Gasteiger partial charge in [-0.05, 0) is 70.8 Å². The summed E-state index contributed by atoms with van der Waals surface area (Å²) >= 11 is 0. The molecule has 0 aliphatic heterocycles. The van der Waals surface area contributed by atoms with Crippen LogP contribution >= 0.6 is 0 Å². The lowest BCUT2D eigenvalue weighted by molar-refractivity contribution is 0.669. The summed E-state index contributed by atoms with van der Waals surface area (Å²) < 4.78 is 8.97. The zero-order valence-electron chi connectivity index (χ0n) is 30.2. The van der Waals surface area contributed by atoms with E-state index in [4.69, 9.17) is 19.4 Å². The summed E-state index contributed by atoms with van der Waals surface area (Å²) in [7, 11) is 0. The maximum absolute atomic E-state index is 6.57. The van der Waals surface area contributed by atoms with Crippen LogP contribution in [0, 0.1) is 0 Å². The second-order valence-electron chi connectivity index (χ2n) is 14.0. The van der Waals surface area contributed by atoms with Crippen LogP contribution in [0.1, 0.15) is 0 Å². The Morgan fingerprint density at radius 1 is 0.339 bits per heavy atom. The van der Waals surface area contributed by atoms with E-state index in [2.05, 4.69) is 132 Å². The first-order valence-electron chi connectivity index (χ1n) is 18.8. The highest BCUT2D eigenvalue weighted by molar-refractivity contribution is 6.17. The average molecular weight is 717 g/mol. The van der Waals surface area contributed by atoms with Crippen LogP contribution in [-0.2, 0) is 0 Å². The second-order valence-corrected chi connectivity index (χ2v) is 14.0. The van der Waals surface area contributed by atoms with Crippen molar-refractivity contribution in [3.05, 3.63) is 194 Å². The minimum Gasteiger partial charge on any atom is -0.456 e. The monoisotopic (exact) mass is 716 g/mol. The first-order chi connectivity index (χ1) is 27.7. The summed E-state index contributed by atoms with van der Waals surface area (Å²) in [6.45, 7) is 0. The quantitative estimate of drug-likeness (QED) is 0.172. The molecule has 5 nitrogen and oxygen atoms in total. The molecule has 0 aliphatic carbocycles. The molecule has 262 valence electrons. The van der Waals surface area contributed by atoms with Crippen LogP contribution in [0.2, 0.25) is 0 Å². The van der Waals surface area contributed by atoms with Crippen molar-refractivity contribution >= 4 is 43.7 Å². The van der Waals surface area contributed by atoms with Gasteiger partial charge in [-0.15, -0.1) is 0 Å². The van der Waals surface area contributed by atoms with Crippen molar-refractivity contribution < 1.29 is 4.42 Å². The molecule has 3 aromatic heterocycles. The van der Waals surface area contributed by atoms with Crippen molar-refractivity contribution in [2.45, 2.75) is 0 Å². The number of rotatable bonds is 6. The lowest BCUT2D eigenvalue weighted by Crippen LogP contribution is -2.00. The van der Waals surface area contributed by atoms with Crippen molar-refractivity contribution in [1.29, 1.82) is 0 Å². The molecule has 5 heteroatoms. The Bertz CT molecular complexity index is 3170. The molecule has 0 amide bonds. The van der Waals surface area contributed by atoms with Gasteiger partial charge in [0.15, 0.2) is 17.5 Å². The van der Waals surface area contributed by atoms with E-state index < -0.39 is 0 Å². The Morgan fingerprint density at radius 3 is 1.57 bits per heavy atom. The maximum Gasteiger partial charge on any atom is 0.164 e. The van der Waals surface area contributed by atoms with Gasteiger partial charge in [0.1, 0.15) is 11.2 Å². The van der Waals surface area contributed by atoms with Gasteiger partial charge in [0.25, 0.3) is 0 Å². The van der Waals surface area contributed by atoms with Gasteiger partial charge < -0.3 is 8.98 Å². The summed E-state index contributed by atoms with van der Waals surface area (Å²) in [5.74, 6) is 1.84. The number of furan rings is 1. The summed E-state index contributed by atoms with van der Waals surface area (Å²) in [5.41, 5.74) is 12.4. The van der Waals surface area contributed by atoms with Gasteiger partial charge in [-0.2, -0.15) is 0 Å². The number of para-hydroxylation sites is 1. The topological polar surface area (TPSA) is 56.7 Å². The fourth-order valence-electron chi connectivity index (χ4n) is 8.00. The molecule has 0 fully saturated rings. The summed E-state index contributed by atoms with van der Waals surface area (Å²) in [5, 5.41) is 4.52. The van der Waals surface area contributed by atoms with Crippen LogP contribution in [0.5, 0.6) is 0 Å².